The van der Waals surface area contributed by atoms with Gasteiger partial charge < -0.3 is 30.0 Å². The first-order valence-electron chi connectivity index (χ1n) is 7.00. The summed E-state index contributed by atoms with van der Waals surface area (Å²) in [5.41, 5.74) is 1.01. The maximum atomic E-state index is 10.9. The molecule has 0 saturated carbocycles. The van der Waals surface area contributed by atoms with E-state index in [1.54, 1.807) is 13.8 Å². The molecule has 1 aromatic rings. The maximum absolute atomic E-state index is 10.9. The van der Waals surface area contributed by atoms with E-state index in [1.807, 2.05) is 0 Å². The van der Waals surface area contributed by atoms with Crippen LogP contribution < -0.4 is 5.32 Å². The van der Waals surface area contributed by atoms with Gasteiger partial charge in [0.15, 0.2) is 0 Å². The number of hydrogen-bond donors (Lipinski definition) is 6. The number of pyridine rings is 1. The molecule has 0 aliphatic heterocycles. The summed E-state index contributed by atoms with van der Waals surface area (Å²) in [6.45, 7) is 3.22. The predicted octanol–water partition coefficient (Wildman–Crippen LogP) is 0.608. The van der Waals surface area contributed by atoms with Gasteiger partial charge >= 0.3 is 15.4 Å². The Hall–Kier alpha value is -0.830. The Balaban J connectivity index is 2.76. The molecule has 0 fully saturated rings. The number of rotatable bonds is 9. The average molecular weight is 384 g/mol. The molecule has 0 spiro atoms. The van der Waals surface area contributed by atoms with E-state index in [9.17, 15) is 14.2 Å². The lowest BCUT2D eigenvalue weighted by Gasteiger charge is -2.16. The summed E-state index contributed by atoms with van der Waals surface area (Å²) in [5, 5.41) is 13.0. The topological polar surface area (TPSA) is 169 Å². The summed E-state index contributed by atoms with van der Waals surface area (Å²) in [6, 6.07) is 0. The van der Waals surface area contributed by atoms with E-state index in [0.717, 1.165) is 0 Å². The molecule has 0 aromatic carbocycles. The quantitative estimate of drug-likeness (QED) is 0.332. The summed E-state index contributed by atoms with van der Waals surface area (Å²) in [5.74, 6) is -0.428. The van der Waals surface area contributed by atoms with Crippen molar-refractivity contribution >= 4 is 15.4 Å². The Morgan fingerprint density at radius 1 is 1.29 bits per heavy atom. The van der Waals surface area contributed by atoms with Crippen molar-refractivity contribution in [1.29, 1.82) is 0 Å². The highest BCUT2D eigenvalue weighted by atomic mass is 31.2. The van der Waals surface area contributed by atoms with Gasteiger partial charge in [0.05, 0.1) is 18.5 Å². The zero-order valence-corrected chi connectivity index (χ0v) is 15.1. The molecule has 1 heterocycles. The first-order valence-corrected chi connectivity index (χ1v) is 10.3. The largest absolute Gasteiger partial charge is 0.506 e. The molecule has 10 nitrogen and oxygen atoms in total. The molecule has 0 aliphatic rings. The van der Waals surface area contributed by atoms with E-state index >= 15 is 0 Å². The molecular formula is C12H22N2O8P2. The van der Waals surface area contributed by atoms with Crippen molar-refractivity contribution in [2.24, 2.45) is 5.92 Å². The van der Waals surface area contributed by atoms with Crippen LogP contribution in [-0.4, -0.2) is 42.4 Å². The second kappa shape index (κ2) is 8.51. The fourth-order valence-corrected chi connectivity index (χ4v) is 3.32. The lowest BCUT2D eigenvalue weighted by Crippen LogP contribution is -2.23. The van der Waals surface area contributed by atoms with Gasteiger partial charge in [0.25, 0.3) is 0 Å². The molecule has 1 rings (SSSR count). The lowest BCUT2D eigenvalue weighted by molar-refractivity contribution is 0.188. The smallest absolute Gasteiger partial charge is 0.469 e. The first-order chi connectivity index (χ1) is 10.9. The van der Waals surface area contributed by atoms with Crippen LogP contribution in [0.2, 0.25) is 0 Å². The molecule has 12 heteroatoms. The Labute approximate surface area is 139 Å². The van der Waals surface area contributed by atoms with Gasteiger partial charge in [-0.15, -0.1) is 0 Å². The Morgan fingerprint density at radius 3 is 2.46 bits per heavy atom. The minimum Gasteiger partial charge on any atom is -0.506 e. The molecular weight excluding hydrogens is 362 g/mol. The van der Waals surface area contributed by atoms with Gasteiger partial charge in [-0.05, 0) is 19.4 Å². The van der Waals surface area contributed by atoms with Crippen molar-refractivity contribution in [3.05, 3.63) is 23.0 Å². The summed E-state index contributed by atoms with van der Waals surface area (Å²) < 4.78 is 26.2. The molecule has 6 N–H and O–H groups in total. The van der Waals surface area contributed by atoms with E-state index in [0.29, 0.717) is 16.8 Å². The normalized spacial score (nSPS) is 13.9. The Bertz CT molecular complexity index is 657. The number of hydrogen-bond acceptors (Lipinski definition) is 6. The van der Waals surface area contributed by atoms with E-state index in [4.69, 9.17) is 19.6 Å². The van der Waals surface area contributed by atoms with E-state index < -0.39 is 22.0 Å². The fourth-order valence-electron chi connectivity index (χ4n) is 2.07. The molecule has 0 radical (unpaired) electrons. The molecule has 1 unspecified atom stereocenters. The number of aromatic nitrogens is 1. The van der Waals surface area contributed by atoms with Crippen molar-refractivity contribution in [1.82, 2.24) is 10.3 Å². The van der Waals surface area contributed by atoms with Gasteiger partial charge in [0, 0.05) is 23.9 Å². The summed E-state index contributed by atoms with van der Waals surface area (Å²) in [7, 11) is -8.76. The molecule has 1 aromatic heterocycles. The van der Waals surface area contributed by atoms with E-state index in [2.05, 4.69) is 14.8 Å². The second-order valence-electron chi connectivity index (χ2n) is 5.54. The Kier molecular flexibility index (Phi) is 7.52. The SMILES string of the molecule is Cc1ncc(COP(=O)(O)O)c(CNCC(C)CP(=O)(O)O)c1O. The van der Waals surface area contributed by atoms with Crippen molar-refractivity contribution in [2.45, 2.75) is 27.0 Å². The van der Waals surface area contributed by atoms with Crippen LogP contribution in [0.5, 0.6) is 5.75 Å². The fraction of sp³-hybridized carbons (Fsp3) is 0.583. The zero-order valence-electron chi connectivity index (χ0n) is 13.3. The second-order valence-corrected chi connectivity index (χ2v) is 8.48. The number of nitrogens with zero attached hydrogens (tertiary/aromatic N) is 1. The van der Waals surface area contributed by atoms with Crippen LogP contribution in [-0.2, 0) is 26.8 Å². The van der Waals surface area contributed by atoms with E-state index in [-0.39, 0.29) is 30.9 Å². The number of aromatic hydroxyl groups is 1. The van der Waals surface area contributed by atoms with E-state index in [1.165, 1.54) is 6.20 Å². The average Bonchev–Trinajstić information content (AvgIpc) is 2.39. The van der Waals surface area contributed by atoms with Gasteiger partial charge in [-0.1, -0.05) is 6.92 Å². The first kappa shape index (κ1) is 21.2. The highest BCUT2D eigenvalue weighted by Crippen LogP contribution is 2.38. The van der Waals surface area contributed by atoms with Crippen LogP contribution in [0.25, 0.3) is 0 Å². The molecule has 0 aliphatic carbocycles. The van der Waals surface area contributed by atoms with Gasteiger partial charge in [0.1, 0.15) is 5.75 Å². The lowest BCUT2D eigenvalue weighted by atomic mass is 10.1. The van der Waals surface area contributed by atoms with Crippen LogP contribution in [0.3, 0.4) is 0 Å². The van der Waals surface area contributed by atoms with Crippen LogP contribution in [0.4, 0.5) is 0 Å². The minimum atomic E-state index is -4.66. The van der Waals surface area contributed by atoms with Gasteiger partial charge in [0.2, 0.25) is 0 Å². The summed E-state index contributed by atoms with van der Waals surface area (Å²) in [4.78, 5) is 39.3. The van der Waals surface area contributed by atoms with Gasteiger partial charge in [-0.2, -0.15) is 0 Å². The van der Waals surface area contributed by atoms with Gasteiger partial charge in [-0.3, -0.25) is 14.1 Å². The highest BCUT2D eigenvalue weighted by molar-refractivity contribution is 7.51. The standard InChI is InChI=1S/C12H22N2O8P2/c1-8(7-23(16,17)18)3-13-5-11-10(6-22-24(19,20)21)4-14-9(2)12(11)15/h4,8,13,15H,3,5-7H2,1-2H3,(H2,16,17,18)(H2,19,20,21). The molecule has 138 valence electrons. The van der Waals surface area contributed by atoms with Crippen LogP contribution in [0.1, 0.15) is 23.7 Å². The van der Waals surface area contributed by atoms with Crippen molar-refractivity contribution in [3.63, 3.8) is 0 Å². The number of nitrogens with one attached hydrogen (secondary N) is 1. The molecule has 1 atom stereocenters. The van der Waals surface area contributed by atoms with Crippen LogP contribution in [0, 0.1) is 12.8 Å². The van der Waals surface area contributed by atoms with Gasteiger partial charge in [-0.25, -0.2) is 4.57 Å². The predicted molar refractivity (Wildman–Crippen MR) is 85.3 cm³/mol. The number of phosphoric ester groups is 1. The van der Waals surface area contributed by atoms with Crippen LogP contribution >= 0.6 is 15.4 Å². The third kappa shape index (κ3) is 7.83. The molecule has 0 bridgehead atoms. The Morgan fingerprint density at radius 2 is 1.92 bits per heavy atom. The maximum Gasteiger partial charge on any atom is 0.469 e. The highest BCUT2D eigenvalue weighted by Gasteiger charge is 2.20. The van der Waals surface area contributed by atoms with Crippen molar-refractivity contribution < 1.29 is 38.3 Å². The monoisotopic (exact) mass is 384 g/mol. The summed E-state index contributed by atoms with van der Waals surface area (Å²) >= 11 is 0. The molecule has 24 heavy (non-hydrogen) atoms. The minimum absolute atomic E-state index is 0.126. The molecule has 0 amide bonds. The zero-order chi connectivity index (χ0) is 18.5. The van der Waals surface area contributed by atoms with Crippen molar-refractivity contribution in [3.8, 4) is 5.75 Å². The third-order valence-electron chi connectivity index (χ3n) is 3.16. The third-order valence-corrected chi connectivity index (χ3v) is 4.73. The van der Waals surface area contributed by atoms with Crippen LogP contribution in [0.15, 0.2) is 6.20 Å². The number of aryl methyl sites for hydroxylation is 1. The number of phosphoric acid groups is 1. The summed E-state index contributed by atoms with van der Waals surface area (Å²) in [6.07, 6.45) is 1.08. The van der Waals surface area contributed by atoms with Crippen molar-refractivity contribution in [2.75, 3.05) is 12.7 Å². The molecule has 0 saturated heterocycles.